The van der Waals surface area contributed by atoms with Gasteiger partial charge in [0, 0.05) is 24.7 Å². The first-order valence-corrected chi connectivity index (χ1v) is 10.8. The van der Waals surface area contributed by atoms with E-state index < -0.39 is 6.04 Å². The molecule has 2 rings (SSSR count). The quantitative estimate of drug-likeness (QED) is 0.713. The number of aliphatic hydroxyl groups is 1. The number of amides is 2. The maximum atomic E-state index is 12.9. The van der Waals surface area contributed by atoms with E-state index in [0.29, 0.717) is 30.1 Å². The predicted octanol–water partition coefficient (Wildman–Crippen LogP) is 3.08. The van der Waals surface area contributed by atoms with Gasteiger partial charge in [0.25, 0.3) is 5.91 Å². The van der Waals surface area contributed by atoms with E-state index in [1.807, 2.05) is 6.26 Å². The summed E-state index contributed by atoms with van der Waals surface area (Å²) in [5.74, 6) is 0.371. The fourth-order valence-electron chi connectivity index (χ4n) is 3.04. The number of carbonyl (C=O) groups excluding carboxylic acids is 2. The second-order valence-electron chi connectivity index (χ2n) is 6.41. The minimum atomic E-state index is -0.612. The van der Waals surface area contributed by atoms with Crippen LogP contribution in [0.3, 0.4) is 0 Å². The summed E-state index contributed by atoms with van der Waals surface area (Å²) in [6.07, 6.45) is 4.28. The first kappa shape index (κ1) is 21.4. The van der Waals surface area contributed by atoms with Crippen LogP contribution in [-0.2, 0) is 4.79 Å². The zero-order chi connectivity index (χ0) is 19.1. The summed E-state index contributed by atoms with van der Waals surface area (Å²) in [6, 6.07) is 4.04. The average Bonchev–Trinajstić information content (AvgIpc) is 2.64. The average molecular weight is 419 g/mol. The molecule has 1 heterocycles. The van der Waals surface area contributed by atoms with Crippen molar-refractivity contribution in [1.82, 2.24) is 10.2 Å². The summed E-state index contributed by atoms with van der Waals surface area (Å²) in [5, 5.41) is 12.9. The van der Waals surface area contributed by atoms with Crippen LogP contribution >= 0.6 is 35.0 Å². The van der Waals surface area contributed by atoms with Crippen LogP contribution in [0.1, 0.15) is 29.6 Å². The zero-order valence-corrected chi connectivity index (χ0v) is 17.0. The summed E-state index contributed by atoms with van der Waals surface area (Å²) in [4.78, 5) is 27.3. The Morgan fingerprint density at radius 2 is 2.19 bits per heavy atom. The van der Waals surface area contributed by atoms with Crippen molar-refractivity contribution < 1.29 is 14.7 Å². The van der Waals surface area contributed by atoms with Gasteiger partial charge >= 0.3 is 0 Å². The van der Waals surface area contributed by atoms with Crippen LogP contribution in [0.15, 0.2) is 18.2 Å². The van der Waals surface area contributed by atoms with Crippen LogP contribution in [0.2, 0.25) is 10.0 Å². The van der Waals surface area contributed by atoms with Crippen molar-refractivity contribution in [3.63, 3.8) is 0 Å². The molecule has 144 valence electrons. The number of thioether (sulfide) groups is 1. The van der Waals surface area contributed by atoms with Gasteiger partial charge in [-0.05, 0) is 55.4 Å². The maximum Gasteiger partial charge on any atom is 0.253 e. The highest BCUT2D eigenvalue weighted by atomic mass is 35.5. The molecule has 0 bridgehead atoms. The third-order valence-corrected chi connectivity index (χ3v) is 5.67. The lowest BCUT2D eigenvalue weighted by Gasteiger charge is -2.34. The third-order valence-electron chi connectivity index (χ3n) is 4.48. The van der Waals surface area contributed by atoms with Gasteiger partial charge < -0.3 is 15.3 Å². The van der Waals surface area contributed by atoms with Crippen molar-refractivity contribution in [3.05, 3.63) is 33.8 Å². The molecular formula is C18H24Cl2N2O3S. The summed E-state index contributed by atoms with van der Waals surface area (Å²) in [6.45, 7) is 1.26. The number of aliphatic hydroxyl groups excluding tert-OH is 1. The summed E-state index contributed by atoms with van der Waals surface area (Å²) in [5.41, 5.74) is 0.296. The smallest absolute Gasteiger partial charge is 0.253 e. The second-order valence-corrected chi connectivity index (χ2v) is 8.24. The third kappa shape index (κ3) is 5.78. The lowest BCUT2D eigenvalue weighted by Crippen LogP contribution is -2.52. The number of likely N-dealkylation sites (tertiary alicyclic amines) is 1. The molecular weight excluding hydrogens is 395 g/mol. The van der Waals surface area contributed by atoms with Crippen LogP contribution in [0, 0.1) is 5.92 Å². The summed E-state index contributed by atoms with van der Waals surface area (Å²) >= 11 is 13.6. The minimum Gasteiger partial charge on any atom is -0.396 e. The Bertz CT molecular complexity index is 645. The van der Waals surface area contributed by atoms with Crippen LogP contribution in [0.5, 0.6) is 0 Å². The molecule has 1 aliphatic heterocycles. The number of rotatable bonds is 7. The van der Waals surface area contributed by atoms with Gasteiger partial charge in [0.15, 0.2) is 0 Å². The molecule has 1 aromatic rings. The molecule has 1 aliphatic rings. The van der Waals surface area contributed by atoms with E-state index >= 15 is 0 Å². The van der Waals surface area contributed by atoms with Gasteiger partial charge in [-0.15, -0.1) is 0 Å². The molecule has 0 radical (unpaired) electrons. The molecule has 0 spiro atoms. The molecule has 26 heavy (non-hydrogen) atoms. The first-order chi connectivity index (χ1) is 12.5. The van der Waals surface area contributed by atoms with Gasteiger partial charge in [-0.1, -0.05) is 23.2 Å². The van der Waals surface area contributed by atoms with E-state index in [1.54, 1.807) is 28.8 Å². The van der Waals surface area contributed by atoms with Crippen molar-refractivity contribution in [3.8, 4) is 0 Å². The summed E-state index contributed by atoms with van der Waals surface area (Å²) in [7, 11) is 0. The second kappa shape index (κ2) is 10.4. The van der Waals surface area contributed by atoms with E-state index in [1.165, 1.54) is 6.07 Å². The molecule has 0 aromatic heterocycles. The van der Waals surface area contributed by atoms with E-state index in [9.17, 15) is 14.7 Å². The largest absolute Gasteiger partial charge is 0.396 e. The standard InChI is InChI=1S/C18H24Cl2N2O3S/c1-26-8-6-16(18(25)22-7-2-3-12(10-22)11-23)21-17(24)14-5-4-13(19)9-15(14)20/h4-5,9,12,16,23H,2-3,6-8,10-11H2,1H3,(H,21,24). The molecule has 2 N–H and O–H groups in total. The molecule has 2 amide bonds. The highest BCUT2D eigenvalue weighted by Crippen LogP contribution is 2.22. The maximum absolute atomic E-state index is 12.9. The van der Waals surface area contributed by atoms with E-state index in [4.69, 9.17) is 23.2 Å². The van der Waals surface area contributed by atoms with Crippen LogP contribution in [0.25, 0.3) is 0 Å². The van der Waals surface area contributed by atoms with Gasteiger partial charge in [0.1, 0.15) is 6.04 Å². The highest BCUT2D eigenvalue weighted by Gasteiger charge is 2.30. The number of nitrogens with zero attached hydrogens (tertiary/aromatic N) is 1. The highest BCUT2D eigenvalue weighted by molar-refractivity contribution is 7.98. The fourth-order valence-corrected chi connectivity index (χ4v) is 4.00. The normalized spacial score (nSPS) is 18.5. The molecule has 2 unspecified atom stereocenters. The fraction of sp³-hybridized carbons (Fsp3) is 0.556. The van der Waals surface area contributed by atoms with Gasteiger partial charge in [-0.2, -0.15) is 11.8 Å². The van der Waals surface area contributed by atoms with Gasteiger partial charge in [0.2, 0.25) is 5.91 Å². The number of nitrogens with one attached hydrogen (secondary N) is 1. The van der Waals surface area contributed by atoms with E-state index in [2.05, 4.69) is 5.32 Å². The minimum absolute atomic E-state index is 0.0754. The number of benzene rings is 1. The number of hydrogen-bond acceptors (Lipinski definition) is 4. The molecule has 0 aliphatic carbocycles. The van der Waals surface area contributed by atoms with Crippen molar-refractivity contribution >= 4 is 46.8 Å². The number of hydrogen-bond donors (Lipinski definition) is 2. The number of piperidine rings is 1. The Morgan fingerprint density at radius 3 is 2.85 bits per heavy atom. The molecule has 2 atom stereocenters. The van der Waals surface area contributed by atoms with E-state index in [0.717, 1.165) is 18.6 Å². The Balaban J connectivity index is 2.10. The number of carbonyl (C=O) groups is 2. The lowest BCUT2D eigenvalue weighted by atomic mass is 9.98. The molecule has 1 saturated heterocycles. The van der Waals surface area contributed by atoms with Gasteiger partial charge in [0.05, 0.1) is 10.6 Å². The summed E-state index contributed by atoms with van der Waals surface area (Å²) < 4.78 is 0. The van der Waals surface area contributed by atoms with Crippen molar-refractivity contribution in [1.29, 1.82) is 0 Å². The van der Waals surface area contributed by atoms with Crippen LogP contribution < -0.4 is 5.32 Å². The molecule has 8 heteroatoms. The molecule has 1 aromatic carbocycles. The Labute approximate surface area is 168 Å². The molecule has 5 nitrogen and oxygen atoms in total. The van der Waals surface area contributed by atoms with Gasteiger partial charge in [-0.25, -0.2) is 0 Å². The van der Waals surface area contributed by atoms with Crippen molar-refractivity contribution in [2.24, 2.45) is 5.92 Å². The Kier molecular flexibility index (Phi) is 8.54. The molecule has 0 saturated carbocycles. The van der Waals surface area contributed by atoms with Crippen LogP contribution in [-0.4, -0.2) is 59.6 Å². The number of halogens is 2. The monoisotopic (exact) mass is 418 g/mol. The lowest BCUT2D eigenvalue weighted by molar-refractivity contribution is -0.135. The first-order valence-electron chi connectivity index (χ1n) is 8.60. The SMILES string of the molecule is CSCCC(NC(=O)c1ccc(Cl)cc1Cl)C(=O)N1CCCC(CO)C1. The Morgan fingerprint density at radius 1 is 1.42 bits per heavy atom. The van der Waals surface area contributed by atoms with Crippen LogP contribution in [0.4, 0.5) is 0 Å². The van der Waals surface area contributed by atoms with E-state index in [-0.39, 0.29) is 29.4 Å². The van der Waals surface area contributed by atoms with Crippen molar-refractivity contribution in [2.75, 3.05) is 31.7 Å². The zero-order valence-electron chi connectivity index (χ0n) is 14.7. The Hall–Kier alpha value is -0.950. The predicted molar refractivity (Wildman–Crippen MR) is 107 cm³/mol. The topological polar surface area (TPSA) is 69.6 Å². The van der Waals surface area contributed by atoms with Crippen molar-refractivity contribution in [2.45, 2.75) is 25.3 Å². The molecule has 1 fully saturated rings. The van der Waals surface area contributed by atoms with Gasteiger partial charge in [-0.3, -0.25) is 9.59 Å².